The number of halogens is 2. The minimum atomic E-state index is -2.55. The van der Waals surface area contributed by atoms with Crippen LogP contribution in [0.4, 0.5) is 14.6 Å². The zero-order valence-electron chi connectivity index (χ0n) is 19.6. The van der Waals surface area contributed by atoms with E-state index in [4.69, 9.17) is 9.84 Å². The predicted molar refractivity (Wildman–Crippen MR) is 131 cm³/mol. The second-order valence-corrected chi connectivity index (χ2v) is 13.9. The van der Waals surface area contributed by atoms with Gasteiger partial charge in [0.05, 0.1) is 0 Å². The van der Waals surface area contributed by atoms with Gasteiger partial charge in [-0.3, -0.25) is 0 Å². The van der Waals surface area contributed by atoms with Gasteiger partial charge >= 0.3 is 213 Å². The van der Waals surface area contributed by atoms with Crippen LogP contribution in [-0.2, 0) is 4.74 Å². The van der Waals surface area contributed by atoms with Crippen LogP contribution in [0.3, 0.4) is 0 Å². The Hall–Kier alpha value is -1.52. The fourth-order valence-corrected chi connectivity index (χ4v) is 7.55. The van der Waals surface area contributed by atoms with Crippen molar-refractivity contribution in [3.8, 4) is 10.1 Å². The monoisotopic (exact) mass is 566 g/mol. The Balaban J connectivity index is 1.33. The summed E-state index contributed by atoms with van der Waals surface area (Å²) < 4.78 is 38.6. The van der Waals surface area contributed by atoms with Crippen LogP contribution in [-0.4, -0.2) is 66.2 Å². The van der Waals surface area contributed by atoms with Gasteiger partial charge in [0.15, 0.2) is 0 Å². The first-order chi connectivity index (χ1) is 16.9. The number of alkyl halides is 2. The third kappa shape index (κ3) is 4.13. The molecule has 35 heavy (non-hydrogen) atoms. The number of rotatable bonds is 7. The maximum absolute atomic E-state index is 13.4. The van der Waals surface area contributed by atoms with Crippen LogP contribution < -0.4 is 9.62 Å². The molecule has 0 radical (unpaired) electrons. The van der Waals surface area contributed by atoms with Gasteiger partial charge < -0.3 is 0 Å². The van der Waals surface area contributed by atoms with E-state index in [1.807, 2.05) is 0 Å². The summed E-state index contributed by atoms with van der Waals surface area (Å²) in [6.07, 6.45) is 4.22. The fourth-order valence-electron chi connectivity index (χ4n) is 5.05. The molecule has 3 aromatic heterocycles. The average molecular weight is 566 g/mol. The zero-order chi connectivity index (χ0) is 23.8. The van der Waals surface area contributed by atoms with Crippen molar-refractivity contribution in [2.45, 2.75) is 68.2 Å². The average Bonchev–Trinajstić information content (AvgIpc) is 3.72. The van der Waals surface area contributed by atoms with E-state index in [1.165, 1.54) is 12.8 Å². The summed E-state index contributed by atoms with van der Waals surface area (Å²) >= 11 is 1.09. The van der Waals surface area contributed by atoms with Gasteiger partial charge in [0, 0.05) is 0 Å². The van der Waals surface area contributed by atoms with E-state index in [9.17, 15) is 8.78 Å². The van der Waals surface area contributed by atoms with E-state index >= 15 is 0 Å². The molecule has 1 spiro atoms. The molecule has 186 valence electrons. The molecular weight excluding hydrogens is 537 g/mol. The van der Waals surface area contributed by atoms with E-state index in [0.29, 0.717) is 15.9 Å². The molecule has 2 aliphatic heterocycles. The van der Waals surface area contributed by atoms with Crippen LogP contribution in [0, 0.1) is 5.41 Å². The van der Waals surface area contributed by atoms with Crippen molar-refractivity contribution in [3.05, 3.63) is 22.4 Å². The molecule has 5 heterocycles. The van der Waals surface area contributed by atoms with Crippen LogP contribution in [0.25, 0.3) is 15.6 Å². The molecule has 1 N–H and O–H groups in total. The molecule has 0 amide bonds. The van der Waals surface area contributed by atoms with Crippen molar-refractivity contribution >= 4 is 37.8 Å². The second kappa shape index (κ2) is 8.24. The van der Waals surface area contributed by atoms with E-state index in [2.05, 4.69) is 43.4 Å². The Morgan fingerprint density at radius 2 is 1.91 bits per heavy atom. The van der Waals surface area contributed by atoms with E-state index in [-0.39, 0.29) is 10.1 Å². The SMILES string of the molecule is CC1(NSc2cc(N3CCC4(CC3)COC4)n3nc(C4CC4)c(-c4nnc(C(F)F)[se]4)c3c2)CC1. The van der Waals surface area contributed by atoms with Gasteiger partial charge in [0.2, 0.25) is 0 Å². The first-order valence-electron chi connectivity index (χ1n) is 12.4. The molecule has 4 fully saturated rings. The van der Waals surface area contributed by atoms with E-state index in [1.54, 1.807) is 11.9 Å². The molecule has 11 heteroatoms. The third-order valence-corrected chi connectivity index (χ3v) is 11.0. The van der Waals surface area contributed by atoms with Crippen LogP contribution in [0.1, 0.15) is 68.1 Å². The first-order valence-corrected chi connectivity index (χ1v) is 14.9. The molecule has 2 aliphatic carbocycles. The van der Waals surface area contributed by atoms with Crippen LogP contribution in [0.2, 0.25) is 0 Å². The number of nitrogens with zero attached hydrogens (tertiary/aromatic N) is 5. The molecule has 0 unspecified atom stereocenters. The number of piperidine rings is 1. The quantitative estimate of drug-likeness (QED) is 0.336. The summed E-state index contributed by atoms with van der Waals surface area (Å²) in [6, 6.07) is 4.40. The molecular formula is C24H28F2N6OSSe. The molecule has 0 aromatic carbocycles. The van der Waals surface area contributed by atoms with Gasteiger partial charge in [-0.2, -0.15) is 0 Å². The summed E-state index contributed by atoms with van der Waals surface area (Å²) in [6.45, 7) is 5.94. The van der Waals surface area contributed by atoms with Crippen molar-refractivity contribution in [2.75, 3.05) is 31.2 Å². The molecule has 7 rings (SSSR count). The Bertz CT molecular complexity index is 1270. The number of fused-ring (bicyclic) bond motifs is 1. The summed E-state index contributed by atoms with van der Waals surface area (Å²) in [7, 11) is 0. The number of hydrogen-bond acceptors (Lipinski definition) is 7. The molecule has 4 aliphatic rings. The Morgan fingerprint density at radius 3 is 2.51 bits per heavy atom. The van der Waals surface area contributed by atoms with Gasteiger partial charge in [0.25, 0.3) is 0 Å². The number of nitrogens with one attached hydrogen (secondary N) is 1. The Labute approximate surface area is 212 Å². The van der Waals surface area contributed by atoms with Crippen molar-refractivity contribution in [3.63, 3.8) is 0 Å². The third-order valence-electron chi connectivity index (χ3n) is 7.90. The number of ether oxygens (including phenoxy) is 1. The first kappa shape index (κ1) is 22.7. The standard InChI is InChI=1S/C24H28F2N6OSSe/c1-23(4-5-23)30-34-15-10-16-18(21-27-28-22(35-21)20(25)26)19(14-2-3-14)29-32(16)17(11-15)31-8-6-24(7-9-31)12-33-13-24/h10-11,14,20,30H,2-9,12-13H2,1H3. The maximum atomic E-state index is 13.4. The summed E-state index contributed by atoms with van der Waals surface area (Å²) in [5, 5.41) is 13.2. The molecule has 3 aromatic rings. The topological polar surface area (TPSA) is 67.6 Å². The minimum absolute atomic E-state index is 0.0910. The number of hydrogen-bond donors (Lipinski definition) is 1. The number of anilines is 1. The number of aromatic nitrogens is 4. The van der Waals surface area contributed by atoms with Crippen molar-refractivity contribution in [2.24, 2.45) is 5.41 Å². The van der Waals surface area contributed by atoms with Crippen LogP contribution in [0.5, 0.6) is 0 Å². The Kier molecular flexibility index (Phi) is 5.34. The van der Waals surface area contributed by atoms with Crippen molar-refractivity contribution < 1.29 is 13.5 Å². The van der Waals surface area contributed by atoms with Gasteiger partial charge in [0.1, 0.15) is 0 Å². The fraction of sp³-hybridized carbons (Fsp3) is 0.625. The Morgan fingerprint density at radius 1 is 1.14 bits per heavy atom. The van der Waals surface area contributed by atoms with Gasteiger partial charge in [-0.1, -0.05) is 0 Å². The molecule has 0 bridgehead atoms. The number of pyridine rings is 1. The predicted octanol–water partition coefficient (Wildman–Crippen LogP) is 4.43. The molecule has 2 saturated carbocycles. The van der Waals surface area contributed by atoms with E-state index < -0.39 is 20.9 Å². The molecule has 2 saturated heterocycles. The van der Waals surface area contributed by atoms with Crippen molar-refractivity contribution in [1.82, 2.24) is 24.5 Å². The normalized spacial score (nSPS) is 22.8. The molecule has 7 nitrogen and oxygen atoms in total. The summed E-state index contributed by atoms with van der Waals surface area (Å²) in [5.74, 6) is 1.46. The van der Waals surface area contributed by atoms with Crippen molar-refractivity contribution in [1.29, 1.82) is 0 Å². The molecule has 0 atom stereocenters. The van der Waals surface area contributed by atoms with Crippen LogP contribution in [0.15, 0.2) is 17.0 Å². The summed E-state index contributed by atoms with van der Waals surface area (Å²) in [5.41, 5.74) is 3.45. The van der Waals surface area contributed by atoms with Gasteiger partial charge in [-0.15, -0.1) is 0 Å². The van der Waals surface area contributed by atoms with E-state index in [0.717, 1.165) is 79.5 Å². The van der Waals surface area contributed by atoms with Gasteiger partial charge in [-0.25, -0.2) is 0 Å². The van der Waals surface area contributed by atoms with Crippen LogP contribution >= 0.6 is 11.9 Å². The summed E-state index contributed by atoms with van der Waals surface area (Å²) in [4.78, 5) is 3.56. The zero-order valence-corrected chi connectivity index (χ0v) is 22.1. The second-order valence-electron chi connectivity index (χ2n) is 10.9. The van der Waals surface area contributed by atoms with Gasteiger partial charge in [-0.05, 0) is 0 Å².